The molecule has 0 spiro atoms. The highest BCUT2D eigenvalue weighted by atomic mass is 16.4. The highest BCUT2D eigenvalue weighted by molar-refractivity contribution is 5.85. The van der Waals surface area contributed by atoms with Crippen molar-refractivity contribution in [3.8, 4) is 0 Å². The van der Waals surface area contributed by atoms with Crippen molar-refractivity contribution in [1.29, 1.82) is 0 Å². The molecular weight excluding hydrogens is 278 g/mol. The number of carbonyl (C=O) groups excluding carboxylic acids is 1. The molecule has 0 heterocycles. The number of aliphatic carboxylic acids is 1. The van der Waals surface area contributed by atoms with Crippen LogP contribution in [0.1, 0.15) is 38.2 Å². The summed E-state index contributed by atoms with van der Waals surface area (Å²) in [6, 6.07) is 9.21. The maximum absolute atomic E-state index is 12.3. The maximum Gasteiger partial charge on any atom is 0.315 e. The van der Waals surface area contributed by atoms with E-state index in [1.54, 1.807) is 0 Å². The van der Waals surface area contributed by atoms with Crippen molar-refractivity contribution in [1.82, 2.24) is 5.32 Å². The molecule has 1 aromatic rings. The van der Waals surface area contributed by atoms with Crippen LogP contribution in [0, 0.1) is 17.8 Å². The monoisotopic (exact) mass is 301 g/mol. The zero-order chi connectivity index (χ0) is 15.7. The number of carboxylic acids is 1. The van der Waals surface area contributed by atoms with Crippen molar-refractivity contribution in [2.75, 3.05) is 6.54 Å². The van der Waals surface area contributed by atoms with Gasteiger partial charge in [0, 0.05) is 12.5 Å². The first kappa shape index (κ1) is 15.1. The average Bonchev–Trinajstić information content (AvgIpc) is 3.01. The van der Waals surface area contributed by atoms with Gasteiger partial charge >= 0.3 is 5.97 Å². The number of nitrogens with one attached hydrogen (secondary N) is 1. The lowest BCUT2D eigenvalue weighted by molar-refractivity contribution is -0.144. The molecule has 3 atom stereocenters. The standard InChI is InChI=1S/C18H23NO3/c1-2-18(17(21)22,12-7-4-3-5-8-12)11-19-16(20)15-13-9-6-10-14(13)15/h3-5,7-8,13-15H,2,6,9-11H2,1H3,(H,19,20)(H,21,22). The molecular formula is C18H23NO3. The Morgan fingerprint density at radius 1 is 1.23 bits per heavy atom. The molecule has 2 fully saturated rings. The largest absolute Gasteiger partial charge is 0.481 e. The van der Waals surface area contributed by atoms with Crippen LogP contribution in [-0.4, -0.2) is 23.5 Å². The van der Waals surface area contributed by atoms with Gasteiger partial charge in [-0.15, -0.1) is 0 Å². The predicted octanol–water partition coefficient (Wildman–Crippen LogP) is 2.58. The lowest BCUT2D eigenvalue weighted by Crippen LogP contribution is -2.46. The Morgan fingerprint density at radius 3 is 2.41 bits per heavy atom. The van der Waals surface area contributed by atoms with E-state index in [1.165, 1.54) is 6.42 Å². The van der Waals surface area contributed by atoms with E-state index in [2.05, 4.69) is 5.32 Å². The zero-order valence-corrected chi connectivity index (χ0v) is 12.9. The molecule has 0 aromatic heterocycles. The molecule has 4 heteroatoms. The second kappa shape index (κ2) is 5.75. The van der Waals surface area contributed by atoms with Gasteiger partial charge in [-0.1, -0.05) is 43.7 Å². The average molecular weight is 301 g/mol. The normalized spacial score (nSPS) is 28.5. The van der Waals surface area contributed by atoms with Crippen molar-refractivity contribution in [2.45, 2.75) is 38.0 Å². The van der Waals surface area contributed by atoms with Gasteiger partial charge in [0.2, 0.25) is 5.91 Å². The minimum Gasteiger partial charge on any atom is -0.481 e. The highest BCUT2D eigenvalue weighted by Gasteiger charge is 2.56. The molecule has 3 unspecified atom stereocenters. The van der Waals surface area contributed by atoms with Gasteiger partial charge in [0.25, 0.3) is 0 Å². The number of amides is 1. The van der Waals surface area contributed by atoms with Crippen LogP contribution in [0.25, 0.3) is 0 Å². The molecule has 2 N–H and O–H groups in total. The highest BCUT2D eigenvalue weighted by Crippen LogP contribution is 2.57. The van der Waals surface area contributed by atoms with E-state index in [0.29, 0.717) is 18.3 Å². The molecule has 0 radical (unpaired) electrons. The quantitative estimate of drug-likeness (QED) is 0.848. The fourth-order valence-corrected chi connectivity index (χ4v) is 4.10. The molecule has 1 amide bonds. The van der Waals surface area contributed by atoms with Gasteiger partial charge in [-0.2, -0.15) is 0 Å². The van der Waals surface area contributed by atoms with Crippen molar-refractivity contribution in [2.24, 2.45) is 17.8 Å². The molecule has 1 aromatic carbocycles. The fourth-order valence-electron chi connectivity index (χ4n) is 4.10. The maximum atomic E-state index is 12.3. The van der Waals surface area contributed by atoms with Gasteiger partial charge in [-0.25, -0.2) is 0 Å². The van der Waals surface area contributed by atoms with Crippen LogP contribution in [-0.2, 0) is 15.0 Å². The van der Waals surface area contributed by atoms with Gasteiger partial charge in [0.05, 0.1) is 0 Å². The van der Waals surface area contributed by atoms with Gasteiger partial charge in [0.1, 0.15) is 5.41 Å². The van der Waals surface area contributed by atoms with Crippen molar-refractivity contribution in [3.63, 3.8) is 0 Å². The molecule has 0 aliphatic heterocycles. The number of benzene rings is 1. The Hall–Kier alpha value is -1.84. The third-order valence-corrected chi connectivity index (χ3v) is 5.61. The van der Waals surface area contributed by atoms with Crippen LogP contribution in [0.2, 0.25) is 0 Å². The molecule has 3 rings (SSSR count). The summed E-state index contributed by atoms with van der Waals surface area (Å²) in [5, 5.41) is 12.7. The van der Waals surface area contributed by atoms with Crippen LogP contribution in [0.15, 0.2) is 30.3 Å². The van der Waals surface area contributed by atoms with E-state index in [9.17, 15) is 14.7 Å². The van der Waals surface area contributed by atoms with E-state index < -0.39 is 11.4 Å². The Morgan fingerprint density at radius 2 is 1.86 bits per heavy atom. The molecule has 0 bridgehead atoms. The molecule has 0 saturated heterocycles. The van der Waals surface area contributed by atoms with Crippen LogP contribution in [0.5, 0.6) is 0 Å². The predicted molar refractivity (Wildman–Crippen MR) is 83.4 cm³/mol. The number of carboxylic acid groups (broad SMARTS) is 1. The second-order valence-electron chi connectivity index (χ2n) is 6.61. The van der Waals surface area contributed by atoms with Gasteiger partial charge < -0.3 is 10.4 Å². The molecule has 22 heavy (non-hydrogen) atoms. The van der Waals surface area contributed by atoms with Gasteiger partial charge in [-0.3, -0.25) is 9.59 Å². The first-order valence-corrected chi connectivity index (χ1v) is 8.17. The van der Waals surface area contributed by atoms with Crippen LogP contribution >= 0.6 is 0 Å². The summed E-state index contributed by atoms with van der Waals surface area (Å²) in [6.45, 7) is 2.02. The lowest BCUT2D eigenvalue weighted by atomic mass is 9.78. The number of rotatable bonds is 6. The number of hydrogen-bond donors (Lipinski definition) is 2. The first-order chi connectivity index (χ1) is 10.6. The Balaban J connectivity index is 1.71. The van der Waals surface area contributed by atoms with E-state index in [0.717, 1.165) is 18.4 Å². The Kier molecular flexibility index (Phi) is 3.94. The summed E-state index contributed by atoms with van der Waals surface area (Å²) in [5.41, 5.74) is -0.290. The van der Waals surface area contributed by atoms with Crippen LogP contribution < -0.4 is 5.32 Å². The van der Waals surface area contributed by atoms with Crippen LogP contribution in [0.4, 0.5) is 0 Å². The summed E-state index contributed by atoms with van der Waals surface area (Å²) in [5.74, 6) is 0.408. The van der Waals surface area contributed by atoms with E-state index in [4.69, 9.17) is 0 Å². The minimum atomic E-state index is -1.04. The smallest absolute Gasteiger partial charge is 0.315 e. The zero-order valence-electron chi connectivity index (χ0n) is 12.9. The summed E-state index contributed by atoms with van der Waals surface area (Å²) in [4.78, 5) is 24.2. The summed E-state index contributed by atoms with van der Waals surface area (Å²) in [6.07, 6.45) is 3.99. The molecule has 2 saturated carbocycles. The van der Waals surface area contributed by atoms with Gasteiger partial charge in [-0.05, 0) is 36.7 Å². The molecule has 2 aliphatic rings. The van der Waals surface area contributed by atoms with Crippen molar-refractivity contribution >= 4 is 11.9 Å². The number of carbonyl (C=O) groups is 2. The number of fused-ring (bicyclic) bond motifs is 1. The van der Waals surface area contributed by atoms with Gasteiger partial charge in [0.15, 0.2) is 0 Å². The first-order valence-electron chi connectivity index (χ1n) is 8.17. The van der Waals surface area contributed by atoms with E-state index in [-0.39, 0.29) is 18.4 Å². The van der Waals surface area contributed by atoms with E-state index in [1.807, 2.05) is 37.3 Å². The van der Waals surface area contributed by atoms with E-state index >= 15 is 0 Å². The Bertz CT molecular complexity index is 561. The molecule has 118 valence electrons. The number of hydrogen-bond acceptors (Lipinski definition) is 2. The Labute approximate surface area is 130 Å². The summed E-state index contributed by atoms with van der Waals surface area (Å²) in [7, 11) is 0. The second-order valence-corrected chi connectivity index (χ2v) is 6.61. The summed E-state index contributed by atoms with van der Waals surface area (Å²) < 4.78 is 0. The topological polar surface area (TPSA) is 66.4 Å². The molecule has 2 aliphatic carbocycles. The third-order valence-electron chi connectivity index (χ3n) is 5.61. The minimum absolute atomic E-state index is 0.0460. The van der Waals surface area contributed by atoms with Crippen molar-refractivity contribution < 1.29 is 14.7 Å². The third kappa shape index (κ3) is 2.40. The van der Waals surface area contributed by atoms with Crippen molar-refractivity contribution in [3.05, 3.63) is 35.9 Å². The summed E-state index contributed by atoms with van der Waals surface area (Å²) >= 11 is 0. The lowest BCUT2D eigenvalue weighted by Gasteiger charge is -2.29. The SMILES string of the molecule is CCC(CNC(=O)C1C2CCCC21)(C(=O)O)c1ccccc1. The van der Waals surface area contributed by atoms with Crippen LogP contribution in [0.3, 0.4) is 0 Å². The fraction of sp³-hybridized carbons (Fsp3) is 0.556. The molecule has 4 nitrogen and oxygen atoms in total.